The highest BCUT2D eigenvalue weighted by Crippen LogP contribution is 2.33. The molecule has 0 bridgehead atoms. The van der Waals surface area contributed by atoms with Crippen LogP contribution >= 0.6 is 34.8 Å². The Labute approximate surface area is 130 Å². The Morgan fingerprint density at radius 3 is 2.20 bits per heavy atom. The summed E-state index contributed by atoms with van der Waals surface area (Å²) in [5.74, 6) is 0.274. The van der Waals surface area contributed by atoms with Crippen molar-refractivity contribution in [3.05, 3.63) is 45.5 Å². The van der Waals surface area contributed by atoms with E-state index in [0.717, 1.165) is 0 Å². The second-order valence-electron chi connectivity index (χ2n) is 3.78. The van der Waals surface area contributed by atoms with Crippen LogP contribution in [0.1, 0.15) is 0 Å². The second kappa shape index (κ2) is 5.65. The molecule has 106 valence electrons. The van der Waals surface area contributed by atoms with E-state index in [1.807, 2.05) is 0 Å². The third-order valence-corrected chi connectivity index (χ3v) is 4.79. The highest BCUT2D eigenvalue weighted by atomic mass is 35.5. The zero-order valence-electron chi connectivity index (χ0n) is 9.77. The summed E-state index contributed by atoms with van der Waals surface area (Å²) in [6, 6.07) is 5.52. The predicted molar refractivity (Wildman–Crippen MR) is 80.9 cm³/mol. The van der Waals surface area contributed by atoms with E-state index in [-0.39, 0.29) is 31.5 Å². The molecule has 0 aliphatic heterocycles. The van der Waals surface area contributed by atoms with Crippen molar-refractivity contribution in [3.63, 3.8) is 0 Å². The van der Waals surface area contributed by atoms with Gasteiger partial charge < -0.3 is 5.73 Å². The lowest BCUT2D eigenvalue weighted by molar-refractivity contribution is 0.601. The lowest BCUT2D eigenvalue weighted by atomic mass is 10.4. The van der Waals surface area contributed by atoms with Gasteiger partial charge in [0.1, 0.15) is 10.7 Å². The number of benzene rings is 1. The number of pyridine rings is 1. The molecule has 3 N–H and O–H groups in total. The number of nitrogens with zero attached hydrogens (tertiary/aromatic N) is 1. The van der Waals surface area contributed by atoms with Crippen LogP contribution in [-0.4, -0.2) is 13.4 Å². The maximum Gasteiger partial charge on any atom is 0.264 e. The van der Waals surface area contributed by atoms with Gasteiger partial charge in [0.15, 0.2) is 0 Å². The third-order valence-electron chi connectivity index (χ3n) is 2.27. The van der Waals surface area contributed by atoms with Crippen LogP contribution < -0.4 is 10.5 Å². The van der Waals surface area contributed by atoms with E-state index in [4.69, 9.17) is 40.5 Å². The average Bonchev–Trinajstić information content (AvgIpc) is 2.30. The molecular formula is C11H8Cl3N3O2S. The molecule has 1 heterocycles. The van der Waals surface area contributed by atoms with Crippen LogP contribution in [0, 0.1) is 0 Å². The largest absolute Gasteiger partial charge is 0.384 e. The normalized spacial score (nSPS) is 11.3. The van der Waals surface area contributed by atoms with Crippen molar-refractivity contribution < 1.29 is 8.42 Å². The fraction of sp³-hybridized carbons (Fsp3) is 0. The van der Waals surface area contributed by atoms with Crippen LogP contribution in [0.3, 0.4) is 0 Å². The third kappa shape index (κ3) is 3.27. The molecule has 0 saturated carbocycles. The van der Waals surface area contributed by atoms with Crippen LogP contribution in [0.2, 0.25) is 15.1 Å². The van der Waals surface area contributed by atoms with E-state index < -0.39 is 10.0 Å². The number of halogens is 3. The smallest absolute Gasteiger partial charge is 0.264 e. The maximum atomic E-state index is 12.3. The highest BCUT2D eigenvalue weighted by Gasteiger charge is 2.22. The van der Waals surface area contributed by atoms with Gasteiger partial charge in [-0.1, -0.05) is 34.8 Å². The van der Waals surface area contributed by atoms with Gasteiger partial charge in [0.05, 0.1) is 21.9 Å². The first-order valence-electron chi connectivity index (χ1n) is 5.18. The summed E-state index contributed by atoms with van der Waals surface area (Å²) in [5.41, 5.74) is 5.66. The SMILES string of the molecule is Nc1ccc(NS(=O)(=O)c2c(Cl)cc(Cl)cc2Cl)cn1. The van der Waals surface area contributed by atoms with Gasteiger partial charge in [0.25, 0.3) is 10.0 Å². The van der Waals surface area contributed by atoms with E-state index in [1.165, 1.54) is 30.5 Å². The zero-order chi connectivity index (χ0) is 14.9. The van der Waals surface area contributed by atoms with Gasteiger partial charge in [-0.2, -0.15) is 0 Å². The maximum absolute atomic E-state index is 12.3. The van der Waals surface area contributed by atoms with Crippen molar-refractivity contribution in [2.24, 2.45) is 0 Å². The van der Waals surface area contributed by atoms with Gasteiger partial charge in [-0.3, -0.25) is 4.72 Å². The Bertz CT molecular complexity index is 725. The van der Waals surface area contributed by atoms with Gasteiger partial charge in [0.2, 0.25) is 0 Å². The topological polar surface area (TPSA) is 85.1 Å². The van der Waals surface area contributed by atoms with Gasteiger partial charge in [-0.15, -0.1) is 0 Å². The van der Waals surface area contributed by atoms with E-state index in [0.29, 0.717) is 0 Å². The summed E-state index contributed by atoms with van der Waals surface area (Å²) in [7, 11) is -3.96. The number of sulfonamides is 1. The quantitative estimate of drug-likeness (QED) is 0.886. The molecule has 0 aliphatic rings. The minimum absolute atomic E-state index is 0.0709. The standard InChI is InChI=1S/C11H8Cl3N3O2S/c12-6-3-8(13)11(9(14)4-6)20(18,19)17-7-1-2-10(15)16-5-7/h1-5,17H,(H2,15,16). The summed E-state index contributed by atoms with van der Waals surface area (Å²) < 4.78 is 26.8. The molecule has 0 unspecified atom stereocenters. The molecule has 0 atom stereocenters. The number of anilines is 2. The lowest BCUT2D eigenvalue weighted by Gasteiger charge is -2.11. The van der Waals surface area contributed by atoms with Crippen molar-refractivity contribution in [2.75, 3.05) is 10.5 Å². The molecule has 1 aromatic carbocycles. The van der Waals surface area contributed by atoms with E-state index >= 15 is 0 Å². The predicted octanol–water partition coefficient (Wildman–Crippen LogP) is 3.42. The molecule has 0 fully saturated rings. The number of rotatable bonds is 3. The van der Waals surface area contributed by atoms with Crippen molar-refractivity contribution in [3.8, 4) is 0 Å². The summed E-state index contributed by atoms with van der Waals surface area (Å²) in [6.07, 6.45) is 1.28. The number of nitrogens with one attached hydrogen (secondary N) is 1. The molecule has 0 spiro atoms. The van der Waals surface area contributed by atoms with Crippen molar-refractivity contribution >= 4 is 56.3 Å². The van der Waals surface area contributed by atoms with Crippen LogP contribution in [0.25, 0.3) is 0 Å². The van der Waals surface area contributed by atoms with E-state index in [2.05, 4.69) is 9.71 Å². The molecular weight excluding hydrogens is 345 g/mol. The first kappa shape index (κ1) is 15.2. The molecule has 20 heavy (non-hydrogen) atoms. The number of aromatic nitrogens is 1. The molecule has 0 aliphatic carbocycles. The first-order chi connectivity index (χ1) is 9.29. The molecule has 2 aromatic rings. The van der Waals surface area contributed by atoms with Crippen molar-refractivity contribution in [1.29, 1.82) is 0 Å². The molecule has 2 rings (SSSR count). The Balaban J connectivity index is 2.43. The fourth-order valence-electron chi connectivity index (χ4n) is 1.46. The zero-order valence-corrected chi connectivity index (χ0v) is 12.9. The summed E-state index contributed by atoms with van der Waals surface area (Å²) >= 11 is 17.5. The minimum atomic E-state index is -3.96. The summed E-state index contributed by atoms with van der Waals surface area (Å²) in [6.45, 7) is 0. The average molecular weight is 353 g/mol. The Morgan fingerprint density at radius 1 is 1.10 bits per heavy atom. The van der Waals surface area contributed by atoms with Crippen LogP contribution in [-0.2, 0) is 10.0 Å². The molecule has 0 radical (unpaired) electrons. The van der Waals surface area contributed by atoms with E-state index in [9.17, 15) is 8.42 Å². The first-order valence-corrected chi connectivity index (χ1v) is 7.80. The molecule has 1 aromatic heterocycles. The van der Waals surface area contributed by atoms with Gasteiger partial charge >= 0.3 is 0 Å². The molecule has 0 amide bonds. The molecule has 9 heteroatoms. The van der Waals surface area contributed by atoms with Gasteiger partial charge in [-0.25, -0.2) is 13.4 Å². The van der Waals surface area contributed by atoms with Gasteiger partial charge in [-0.05, 0) is 24.3 Å². The summed E-state index contributed by atoms with van der Waals surface area (Å²) in [4.78, 5) is 3.53. The molecule has 0 saturated heterocycles. The summed E-state index contributed by atoms with van der Waals surface area (Å²) in [5, 5.41) is 0.102. The van der Waals surface area contributed by atoms with Crippen LogP contribution in [0.4, 0.5) is 11.5 Å². The number of nitrogens with two attached hydrogens (primary N) is 1. The van der Waals surface area contributed by atoms with E-state index in [1.54, 1.807) is 0 Å². The number of hydrogen-bond donors (Lipinski definition) is 2. The second-order valence-corrected chi connectivity index (χ2v) is 6.65. The number of nitrogen functional groups attached to an aromatic ring is 1. The fourth-order valence-corrected chi connectivity index (χ4v) is 4.05. The Morgan fingerprint density at radius 2 is 1.70 bits per heavy atom. The van der Waals surface area contributed by atoms with Crippen LogP contribution in [0.5, 0.6) is 0 Å². The highest BCUT2D eigenvalue weighted by molar-refractivity contribution is 7.93. The van der Waals surface area contributed by atoms with Gasteiger partial charge in [0, 0.05) is 5.02 Å². The Hall–Kier alpha value is -1.21. The Kier molecular flexibility index (Phi) is 4.29. The lowest BCUT2D eigenvalue weighted by Crippen LogP contribution is -2.14. The monoisotopic (exact) mass is 351 g/mol. The number of hydrogen-bond acceptors (Lipinski definition) is 4. The van der Waals surface area contributed by atoms with Crippen molar-refractivity contribution in [1.82, 2.24) is 4.98 Å². The van der Waals surface area contributed by atoms with Crippen molar-refractivity contribution in [2.45, 2.75) is 4.90 Å². The minimum Gasteiger partial charge on any atom is -0.384 e. The van der Waals surface area contributed by atoms with Crippen LogP contribution in [0.15, 0.2) is 35.4 Å². The molecule has 5 nitrogen and oxygen atoms in total.